The molecule has 0 bridgehead atoms. The average Bonchev–Trinajstić information content (AvgIpc) is 1.39. The molecule has 2 spiro atoms. The highest BCUT2D eigenvalue weighted by Crippen LogP contribution is 2.87. The first-order valence-electron chi connectivity index (χ1n) is 31.0. The van der Waals surface area contributed by atoms with E-state index in [-0.39, 0.29) is 10.8 Å². The SMILES string of the molecule is C1COCCSC2=C(SCCOCCO1)SC(=C1SC3=C(CC45c6c7c8c9c%10c%11c(c%12c%13c4c4c6c6c%14c7c7c8c8c%10c%10c%15c%11c%11c%12c%12c%13c%13c4c4c6c6c%14c%14c7c7c8c%10c8c%10c%15c%11c%11c%12c%12c%13c4c4c6c6c%14c7c8c7c%10c%11c%12c4c67)C95C3)S1)S2. The molecule has 0 saturated carbocycles. The highest BCUT2D eigenvalue weighted by Gasteiger charge is 2.71. The second-order valence-electron chi connectivity index (χ2n) is 28.9. The zero-order chi connectivity index (χ0) is 51.4. The Hall–Kier alpha value is -6.34. The van der Waals surface area contributed by atoms with E-state index in [0.717, 1.165) is 37.6 Å². The summed E-state index contributed by atoms with van der Waals surface area (Å²) in [6.07, 6.45) is 2.19. The standard InChI is InChI=1S/C76H20O3S6/c1-3-78-5-7-80-71-72(81-8-6-79-4-2-77-1)85-74(84-71)73-82-11-9-75-67-59-51-41-31-23-15-13-14-17-21-19(15)27-35-29(21)39-33-25(17)26-18(14)22-20-16(13)24(23)32-38-28(20)36-30(22)40-34(26)44-43(33)53-47(39)57-49(35)55(45(51)37(27)31)63(67)65(57)69-61(53)62-54(44)48(40)58-50(36)56-46(38)52(42(32)41)60(59)68(75)64(56)66(58)70(62)76(69,75)10-12(11)83-73/h1-10H2. The van der Waals surface area contributed by atoms with Crippen LogP contribution in [0.1, 0.15) is 35.1 Å². The highest BCUT2D eigenvalue weighted by molar-refractivity contribution is 8.42. The molecule has 0 aromatic heterocycles. The summed E-state index contributed by atoms with van der Waals surface area (Å²) in [5, 5.41) is 90.9. The van der Waals surface area contributed by atoms with Crippen LogP contribution in [-0.2, 0) is 25.0 Å². The quantitative estimate of drug-likeness (QED) is 0.138. The van der Waals surface area contributed by atoms with Crippen molar-refractivity contribution < 1.29 is 14.2 Å². The molecule has 0 fully saturated rings. The van der Waals surface area contributed by atoms with Crippen molar-refractivity contribution in [3.63, 3.8) is 0 Å². The minimum atomic E-state index is -0.241. The van der Waals surface area contributed by atoms with Crippen LogP contribution >= 0.6 is 70.6 Å². The number of allylic oxidation sites excluding steroid dienone is 2. The Labute approximate surface area is 495 Å². The van der Waals surface area contributed by atoms with Crippen LogP contribution in [0.15, 0.2) is 26.8 Å². The van der Waals surface area contributed by atoms with Gasteiger partial charge in [0.2, 0.25) is 0 Å². The lowest BCUT2D eigenvalue weighted by Crippen LogP contribution is -2.53. The summed E-state index contributed by atoms with van der Waals surface area (Å²) in [7, 11) is 0. The molecular formula is C76H20O3S6. The van der Waals surface area contributed by atoms with E-state index in [1.807, 2.05) is 23.5 Å². The third-order valence-corrected chi connectivity index (χ3v) is 36.3. The topological polar surface area (TPSA) is 27.7 Å². The summed E-state index contributed by atoms with van der Waals surface area (Å²) in [5.41, 5.74) is 6.74. The predicted molar refractivity (Wildman–Crippen MR) is 372 cm³/mol. The lowest BCUT2D eigenvalue weighted by Gasteiger charge is -2.57. The Balaban J connectivity index is 0.819. The molecule has 0 saturated heterocycles. The maximum atomic E-state index is 6.11. The molecule has 3 heterocycles. The molecule has 3 nitrogen and oxygen atoms in total. The van der Waals surface area contributed by atoms with E-state index in [9.17, 15) is 0 Å². The van der Waals surface area contributed by atoms with Crippen molar-refractivity contribution in [1.82, 2.24) is 0 Å². The molecule has 28 aromatic rings. The lowest BCUT2D eigenvalue weighted by molar-refractivity contribution is 0.0205. The van der Waals surface area contributed by atoms with Gasteiger partial charge >= 0.3 is 0 Å². The third kappa shape index (κ3) is 2.51. The Bertz CT molecular complexity index is 7320. The molecular weight excluding hydrogens is 1150 g/mol. The molecule has 8 aliphatic rings. The van der Waals surface area contributed by atoms with Gasteiger partial charge in [0.1, 0.15) is 0 Å². The maximum Gasteiger partial charge on any atom is 0.0717 e. The molecule has 9 heteroatoms. The van der Waals surface area contributed by atoms with Crippen molar-refractivity contribution in [2.75, 3.05) is 51.1 Å². The fourth-order valence-electron chi connectivity index (χ4n) is 26.9. The van der Waals surface area contributed by atoms with Crippen LogP contribution in [-0.4, -0.2) is 51.1 Å². The first kappa shape index (κ1) is 37.4. The highest BCUT2D eigenvalue weighted by atomic mass is 32.3. The number of benzene rings is 18. The summed E-state index contributed by atoms with van der Waals surface area (Å²) < 4.78 is 24.0. The van der Waals surface area contributed by atoms with Gasteiger partial charge in [0.05, 0.1) is 56.6 Å². The Kier molecular flexibility index (Phi) is 4.28. The van der Waals surface area contributed by atoms with Gasteiger partial charge in [-0.25, -0.2) is 0 Å². The Morgan fingerprint density at radius 3 is 0.576 bits per heavy atom. The van der Waals surface area contributed by atoms with Gasteiger partial charge in [-0.15, -0.1) is 23.5 Å². The number of hydrogen-bond acceptors (Lipinski definition) is 9. The van der Waals surface area contributed by atoms with E-state index in [4.69, 9.17) is 14.2 Å². The molecule has 0 amide bonds. The van der Waals surface area contributed by atoms with Gasteiger partial charge < -0.3 is 14.2 Å². The van der Waals surface area contributed by atoms with Crippen LogP contribution in [0, 0.1) is 0 Å². The first-order chi connectivity index (χ1) is 42.3. The average molecular weight is 1170 g/mol. The molecule has 0 radical (unpaired) electrons. The monoisotopic (exact) mass is 1170 g/mol. The largest absolute Gasteiger partial charge is 0.378 e. The predicted octanol–water partition coefficient (Wildman–Crippen LogP) is 22.0. The van der Waals surface area contributed by atoms with Crippen molar-refractivity contribution in [3.05, 3.63) is 49.0 Å². The fourth-order valence-corrected chi connectivity index (χ4v) is 35.8. The molecule has 0 unspecified atom stereocenters. The van der Waals surface area contributed by atoms with Crippen LogP contribution in [0.4, 0.5) is 0 Å². The zero-order valence-electron chi connectivity index (χ0n) is 43.7. The molecule has 0 N–H and O–H groups in total. The molecule has 5 aliphatic carbocycles. The smallest absolute Gasteiger partial charge is 0.0717 e. The summed E-state index contributed by atoms with van der Waals surface area (Å²) in [6.45, 7) is 4.02. The summed E-state index contributed by atoms with van der Waals surface area (Å²) in [5.74, 6) is 1.91. The van der Waals surface area contributed by atoms with Gasteiger partial charge in [0.25, 0.3) is 0 Å². The normalized spacial score (nSPS) is 24.7. The Morgan fingerprint density at radius 2 is 0.365 bits per heavy atom. The van der Waals surface area contributed by atoms with Gasteiger partial charge in [-0.3, -0.25) is 0 Å². The molecule has 28 aromatic carbocycles. The van der Waals surface area contributed by atoms with Crippen molar-refractivity contribution in [1.29, 1.82) is 0 Å². The van der Waals surface area contributed by atoms with Crippen LogP contribution < -0.4 is 0 Å². The molecule has 3 aliphatic heterocycles. The van der Waals surface area contributed by atoms with Gasteiger partial charge in [-0.2, -0.15) is 0 Å². The van der Waals surface area contributed by atoms with E-state index >= 15 is 0 Å². The molecule has 0 atom stereocenters. The van der Waals surface area contributed by atoms with Crippen LogP contribution in [0.25, 0.3) is 291 Å². The van der Waals surface area contributed by atoms with Crippen molar-refractivity contribution in [2.24, 2.45) is 0 Å². The van der Waals surface area contributed by atoms with E-state index in [0.29, 0.717) is 26.4 Å². The van der Waals surface area contributed by atoms with Crippen LogP contribution in [0.3, 0.4) is 0 Å². The molecule has 378 valence electrons. The van der Waals surface area contributed by atoms with Crippen molar-refractivity contribution in [2.45, 2.75) is 23.7 Å². The van der Waals surface area contributed by atoms with Gasteiger partial charge in [-0.05, 0) is 326 Å². The van der Waals surface area contributed by atoms with Crippen molar-refractivity contribution >= 4 is 361 Å². The van der Waals surface area contributed by atoms with E-state index in [2.05, 4.69) is 47.0 Å². The fraction of sp³-hybridized carbons (Fsp3) is 0.158. The van der Waals surface area contributed by atoms with Crippen LogP contribution in [0.5, 0.6) is 0 Å². The second kappa shape index (κ2) is 9.72. The van der Waals surface area contributed by atoms with E-state index in [1.54, 1.807) is 323 Å². The zero-order valence-corrected chi connectivity index (χ0v) is 48.6. The van der Waals surface area contributed by atoms with Gasteiger partial charge in [0, 0.05) is 32.1 Å². The summed E-state index contributed by atoms with van der Waals surface area (Å²) in [4.78, 5) is 3.37. The van der Waals surface area contributed by atoms with E-state index < -0.39 is 0 Å². The minimum absolute atomic E-state index is 0.241. The van der Waals surface area contributed by atoms with Crippen LogP contribution in [0.2, 0.25) is 0 Å². The van der Waals surface area contributed by atoms with Gasteiger partial charge in [-0.1, -0.05) is 47.0 Å². The number of thioether (sulfide) groups is 6. The maximum absolute atomic E-state index is 6.11. The number of ether oxygens (including phenoxy) is 3. The molecule has 85 heavy (non-hydrogen) atoms. The third-order valence-electron chi connectivity index (χ3n) is 27.6. The first-order valence-corrected chi connectivity index (χ1v) is 36.3. The minimum Gasteiger partial charge on any atom is -0.378 e. The Morgan fingerprint density at radius 1 is 0.188 bits per heavy atom. The molecule has 36 rings (SSSR count). The van der Waals surface area contributed by atoms with Gasteiger partial charge in [0.15, 0.2) is 0 Å². The number of hydrogen-bond donors (Lipinski definition) is 0. The van der Waals surface area contributed by atoms with E-state index in [1.165, 1.54) is 16.9 Å². The summed E-state index contributed by atoms with van der Waals surface area (Å²) >= 11 is 12.6. The lowest BCUT2D eigenvalue weighted by atomic mass is 9.45. The van der Waals surface area contributed by atoms with Crippen molar-refractivity contribution in [3.8, 4) is 0 Å². The summed E-state index contributed by atoms with van der Waals surface area (Å²) in [6, 6.07) is 0. The second-order valence-corrected chi connectivity index (χ2v) is 36.3. The number of rotatable bonds is 0.